The molecule has 0 radical (unpaired) electrons. The van der Waals surface area contributed by atoms with Crippen molar-refractivity contribution < 1.29 is 4.79 Å². The van der Waals surface area contributed by atoms with Gasteiger partial charge in [0.2, 0.25) is 11.9 Å². The number of amides is 1. The molecule has 0 aliphatic heterocycles. The molecule has 0 saturated heterocycles. The van der Waals surface area contributed by atoms with Crippen LogP contribution in [0.4, 0.5) is 11.8 Å². The van der Waals surface area contributed by atoms with Crippen molar-refractivity contribution in [2.75, 3.05) is 30.9 Å². The highest BCUT2D eigenvalue weighted by Crippen LogP contribution is 2.19. The maximum Gasteiger partial charge on any atom is 0.239 e. The van der Waals surface area contributed by atoms with Crippen LogP contribution < -0.4 is 15.5 Å². The van der Waals surface area contributed by atoms with E-state index in [1.165, 1.54) is 0 Å². The van der Waals surface area contributed by atoms with Crippen LogP contribution in [0.3, 0.4) is 0 Å². The van der Waals surface area contributed by atoms with Gasteiger partial charge in [0.05, 0.1) is 6.54 Å². The standard InChI is InChI=1S/C12H19N5O/c1-8-6-14-12(13-2)16-11(8)17(3)7-10(18)15-9-4-5-9/h6,9H,4-5,7H2,1-3H3,(H,15,18)(H,13,14,16). The van der Waals surface area contributed by atoms with Gasteiger partial charge in [-0.25, -0.2) is 4.98 Å². The van der Waals surface area contributed by atoms with E-state index in [2.05, 4.69) is 20.6 Å². The Kier molecular flexibility index (Phi) is 3.64. The van der Waals surface area contributed by atoms with E-state index in [9.17, 15) is 4.79 Å². The minimum atomic E-state index is 0.0454. The number of carbonyl (C=O) groups excluding carboxylic acids is 1. The van der Waals surface area contributed by atoms with Crippen LogP contribution in [0, 0.1) is 6.92 Å². The van der Waals surface area contributed by atoms with Crippen molar-refractivity contribution >= 4 is 17.7 Å². The topological polar surface area (TPSA) is 70.2 Å². The van der Waals surface area contributed by atoms with Crippen molar-refractivity contribution in [3.63, 3.8) is 0 Å². The highest BCUT2D eigenvalue weighted by Gasteiger charge is 2.24. The lowest BCUT2D eigenvalue weighted by Gasteiger charge is -2.19. The lowest BCUT2D eigenvalue weighted by Crippen LogP contribution is -2.36. The Morgan fingerprint density at radius 3 is 2.89 bits per heavy atom. The molecule has 1 amide bonds. The SMILES string of the molecule is CNc1ncc(C)c(N(C)CC(=O)NC2CC2)n1. The van der Waals surface area contributed by atoms with Gasteiger partial charge in [-0.2, -0.15) is 4.98 Å². The Labute approximate surface area is 107 Å². The number of rotatable bonds is 5. The van der Waals surface area contributed by atoms with Gasteiger partial charge in [0.25, 0.3) is 0 Å². The van der Waals surface area contributed by atoms with Crippen molar-refractivity contribution in [3.05, 3.63) is 11.8 Å². The summed E-state index contributed by atoms with van der Waals surface area (Å²) in [5, 5.41) is 5.86. The van der Waals surface area contributed by atoms with Crippen LogP contribution in [0.1, 0.15) is 18.4 Å². The van der Waals surface area contributed by atoms with Gasteiger partial charge in [0.1, 0.15) is 5.82 Å². The molecule has 1 aromatic heterocycles. The number of anilines is 2. The number of likely N-dealkylation sites (N-methyl/N-ethyl adjacent to an activating group) is 1. The van der Waals surface area contributed by atoms with E-state index in [1.807, 2.05) is 18.9 Å². The molecule has 98 valence electrons. The third-order valence-corrected chi connectivity index (χ3v) is 2.85. The second-order valence-corrected chi connectivity index (χ2v) is 4.65. The second kappa shape index (κ2) is 5.20. The van der Waals surface area contributed by atoms with Gasteiger partial charge in [-0.1, -0.05) is 0 Å². The molecular formula is C12H19N5O. The van der Waals surface area contributed by atoms with Gasteiger partial charge < -0.3 is 15.5 Å². The third kappa shape index (κ3) is 3.09. The van der Waals surface area contributed by atoms with Crippen LogP contribution in [0.25, 0.3) is 0 Å². The lowest BCUT2D eigenvalue weighted by atomic mass is 10.3. The largest absolute Gasteiger partial charge is 0.357 e. The Morgan fingerprint density at radius 2 is 2.28 bits per heavy atom. The number of nitrogens with one attached hydrogen (secondary N) is 2. The van der Waals surface area contributed by atoms with Crippen molar-refractivity contribution in [1.82, 2.24) is 15.3 Å². The molecule has 2 N–H and O–H groups in total. The van der Waals surface area contributed by atoms with Crippen LogP contribution in [0.15, 0.2) is 6.20 Å². The molecule has 1 aliphatic carbocycles. The molecule has 0 bridgehead atoms. The molecule has 2 rings (SSSR count). The molecule has 18 heavy (non-hydrogen) atoms. The van der Waals surface area contributed by atoms with Gasteiger partial charge in [-0.3, -0.25) is 4.79 Å². The van der Waals surface area contributed by atoms with Crippen LogP contribution in [-0.4, -0.2) is 42.6 Å². The average Bonchev–Trinajstić information content (AvgIpc) is 3.13. The van der Waals surface area contributed by atoms with E-state index < -0.39 is 0 Å². The molecule has 6 nitrogen and oxygen atoms in total. The monoisotopic (exact) mass is 249 g/mol. The van der Waals surface area contributed by atoms with Crippen LogP contribution >= 0.6 is 0 Å². The summed E-state index contributed by atoms with van der Waals surface area (Å²) >= 11 is 0. The molecule has 0 spiro atoms. The zero-order valence-corrected chi connectivity index (χ0v) is 11.0. The fourth-order valence-electron chi connectivity index (χ4n) is 1.73. The zero-order chi connectivity index (χ0) is 13.1. The van der Waals surface area contributed by atoms with Crippen molar-refractivity contribution in [1.29, 1.82) is 0 Å². The fourth-order valence-corrected chi connectivity index (χ4v) is 1.73. The van der Waals surface area contributed by atoms with E-state index in [0.29, 0.717) is 18.5 Å². The van der Waals surface area contributed by atoms with E-state index in [4.69, 9.17) is 0 Å². The van der Waals surface area contributed by atoms with Gasteiger partial charge in [-0.15, -0.1) is 0 Å². The molecule has 6 heteroatoms. The van der Waals surface area contributed by atoms with Gasteiger partial charge in [-0.05, 0) is 19.8 Å². The van der Waals surface area contributed by atoms with Crippen LogP contribution in [0.5, 0.6) is 0 Å². The minimum Gasteiger partial charge on any atom is -0.357 e. The number of aromatic nitrogens is 2. The smallest absolute Gasteiger partial charge is 0.239 e. The van der Waals surface area contributed by atoms with Crippen molar-refractivity contribution in [2.45, 2.75) is 25.8 Å². The molecule has 1 fully saturated rings. The number of hydrogen-bond acceptors (Lipinski definition) is 5. The molecule has 1 aliphatic rings. The number of nitrogens with zero attached hydrogens (tertiary/aromatic N) is 3. The second-order valence-electron chi connectivity index (χ2n) is 4.65. The minimum absolute atomic E-state index is 0.0454. The first-order valence-corrected chi connectivity index (χ1v) is 6.12. The summed E-state index contributed by atoms with van der Waals surface area (Å²) in [6, 6.07) is 0.394. The summed E-state index contributed by atoms with van der Waals surface area (Å²) in [5.41, 5.74) is 0.954. The quantitative estimate of drug-likeness (QED) is 0.797. The summed E-state index contributed by atoms with van der Waals surface area (Å²) in [6.45, 7) is 2.25. The van der Waals surface area contributed by atoms with Crippen LogP contribution in [0.2, 0.25) is 0 Å². The number of aryl methyl sites for hydroxylation is 1. The highest BCUT2D eigenvalue weighted by atomic mass is 16.2. The zero-order valence-electron chi connectivity index (χ0n) is 11.0. The van der Waals surface area contributed by atoms with Gasteiger partial charge >= 0.3 is 0 Å². The van der Waals surface area contributed by atoms with E-state index in [-0.39, 0.29) is 5.91 Å². The maximum atomic E-state index is 11.7. The molecule has 0 unspecified atom stereocenters. The van der Waals surface area contributed by atoms with Gasteiger partial charge in [0, 0.05) is 31.9 Å². The molecule has 1 saturated carbocycles. The van der Waals surface area contributed by atoms with E-state index >= 15 is 0 Å². The Bertz CT molecular complexity index is 444. The first kappa shape index (κ1) is 12.6. The summed E-state index contributed by atoms with van der Waals surface area (Å²) in [4.78, 5) is 22.1. The highest BCUT2D eigenvalue weighted by molar-refractivity contribution is 5.81. The number of carbonyl (C=O) groups is 1. The predicted molar refractivity (Wildman–Crippen MR) is 70.8 cm³/mol. The summed E-state index contributed by atoms with van der Waals surface area (Å²) in [6.07, 6.45) is 3.96. The Balaban J connectivity index is 2.02. The maximum absolute atomic E-state index is 11.7. The Morgan fingerprint density at radius 1 is 1.56 bits per heavy atom. The first-order valence-electron chi connectivity index (χ1n) is 6.12. The van der Waals surface area contributed by atoms with Crippen LogP contribution in [-0.2, 0) is 4.79 Å². The first-order chi connectivity index (χ1) is 8.60. The normalized spacial score (nSPS) is 14.2. The number of hydrogen-bond donors (Lipinski definition) is 2. The Hall–Kier alpha value is -1.85. The predicted octanol–water partition coefficient (Wildman–Crippen LogP) is 0.542. The lowest BCUT2D eigenvalue weighted by molar-refractivity contribution is -0.119. The van der Waals surface area contributed by atoms with Crippen molar-refractivity contribution in [3.8, 4) is 0 Å². The molecule has 1 aromatic rings. The van der Waals surface area contributed by atoms with E-state index in [1.54, 1.807) is 13.2 Å². The summed E-state index contributed by atoms with van der Waals surface area (Å²) in [7, 11) is 3.63. The molecule has 0 atom stereocenters. The summed E-state index contributed by atoms with van der Waals surface area (Å²) < 4.78 is 0. The van der Waals surface area contributed by atoms with E-state index in [0.717, 1.165) is 24.2 Å². The van der Waals surface area contributed by atoms with Crippen molar-refractivity contribution in [2.24, 2.45) is 0 Å². The van der Waals surface area contributed by atoms with Gasteiger partial charge in [0.15, 0.2) is 0 Å². The average molecular weight is 249 g/mol. The molecule has 1 heterocycles. The third-order valence-electron chi connectivity index (χ3n) is 2.85. The molecular weight excluding hydrogens is 230 g/mol. The fraction of sp³-hybridized carbons (Fsp3) is 0.583. The molecule has 0 aromatic carbocycles. The summed E-state index contributed by atoms with van der Waals surface area (Å²) in [5.74, 6) is 1.38.